The molecule has 6 N–H and O–H groups in total. The van der Waals surface area contributed by atoms with Crippen molar-refractivity contribution >= 4 is 35.3 Å². The summed E-state index contributed by atoms with van der Waals surface area (Å²) in [7, 11) is 0. The number of ketones is 3. The highest BCUT2D eigenvalue weighted by atomic mass is 16.2. The number of hydrogen-bond donors (Lipinski definition) is 6. The van der Waals surface area contributed by atoms with Crippen molar-refractivity contribution in [1.82, 2.24) is 31.9 Å². The monoisotopic (exact) mass is 596 g/mol. The Labute approximate surface area is 252 Å². The summed E-state index contributed by atoms with van der Waals surface area (Å²) >= 11 is 0. The summed E-state index contributed by atoms with van der Waals surface area (Å²) in [5.74, 6) is -1.40. The molecule has 42 heavy (non-hydrogen) atoms. The van der Waals surface area contributed by atoms with Gasteiger partial charge in [0.15, 0.2) is 17.3 Å². The van der Waals surface area contributed by atoms with E-state index >= 15 is 0 Å². The van der Waals surface area contributed by atoms with Gasteiger partial charge in [-0.1, -0.05) is 69.2 Å². The number of nitrogens with one attached hydrogen (secondary N) is 6. The summed E-state index contributed by atoms with van der Waals surface area (Å²) in [5, 5.41) is 16.7. The standard InChI is InChI=1S/C30H56N6O6/c1-17(2)25(37)22(34-21(9)10)12-15-32-29(41)36-24(27(39)19(5)6)13-16-33-30(42)35-23(26(38)18(3)4)11-14-31-28(40)20(7)8/h17-24,34H,11-16H2,1-10H3,(H,31,40)(H2,32,36,41)(H2,33,35,42). The van der Waals surface area contributed by atoms with Crippen molar-refractivity contribution in [3.05, 3.63) is 0 Å². The van der Waals surface area contributed by atoms with E-state index in [4.69, 9.17) is 0 Å². The molecule has 0 aliphatic carbocycles. The first-order valence-corrected chi connectivity index (χ1v) is 15.2. The Morgan fingerprint density at radius 3 is 1.12 bits per heavy atom. The van der Waals surface area contributed by atoms with Crippen molar-refractivity contribution < 1.29 is 28.8 Å². The van der Waals surface area contributed by atoms with Gasteiger partial charge in [-0.3, -0.25) is 19.2 Å². The first-order chi connectivity index (χ1) is 19.5. The maximum atomic E-state index is 12.8. The zero-order valence-corrected chi connectivity index (χ0v) is 27.3. The van der Waals surface area contributed by atoms with Crippen LogP contribution in [0, 0.1) is 23.7 Å². The summed E-state index contributed by atoms with van der Waals surface area (Å²) in [5.41, 5.74) is 0. The molecule has 3 unspecified atom stereocenters. The fraction of sp³-hybridized carbons (Fsp3) is 0.800. The third-order valence-electron chi connectivity index (χ3n) is 6.58. The van der Waals surface area contributed by atoms with Crippen molar-refractivity contribution in [3.63, 3.8) is 0 Å². The molecule has 0 aromatic carbocycles. The van der Waals surface area contributed by atoms with E-state index in [2.05, 4.69) is 31.9 Å². The maximum Gasteiger partial charge on any atom is 0.315 e. The third-order valence-corrected chi connectivity index (χ3v) is 6.58. The predicted octanol–water partition coefficient (Wildman–Crippen LogP) is 2.31. The van der Waals surface area contributed by atoms with E-state index in [1.165, 1.54) is 0 Å². The Hall–Kier alpha value is -3.02. The number of urea groups is 2. The molecule has 0 aliphatic heterocycles. The SMILES string of the molecule is CC(C)NC(CCNC(=O)NC(CCNC(=O)NC(CCNC(=O)C(C)C)C(=O)C(C)C)C(=O)C(C)C)C(=O)C(C)C. The van der Waals surface area contributed by atoms with Crippen LogP contribution in [-0.2, 0) is 19.2 Å². The summed E-state index contributed by atoms with van der Waals surface area (Å²) in [6.45, 7) is 18.6. The first kappa shape index (κ1) is 39.0. The van der Waals surface area contributed by atoms with E-state index in [1.807, 2.05) is 27.7 Å². The van der Waals surface area contributed by atoms with Gasteiger partial charge in [0.25, 0.3) is 0 Å². The molecule has 0 saturated heterocycles. The first-order valence-electron chi connectivity index (χ1n) is 15.2. The molecule has 5 amide bonds. The van der Waals surface area contributed by atoms with Crippen LogP contribution in [-0.4, -0.2) is 79.1 Å². The summed E-state index contributed by atoms with van der Waals surface area (Å²) in [6, 6.07) is -3.03. The van der Waals surface area contributed by atoms with Crippen LogP contribution in [0.1, 0.15) is 88.5 Å². The van der Waals surface area contributed by atoms with Crippen molar-refractivity contribution in [2.75, 3.05) is 19.6 Å². The predicted molar refractivity (Wildman–Crippen MR) is 164 cm³/mol. The molecule has 0 spiro atoms. The van der Waals surface area contributed by atoms with Crippen molar-refractivity contribution in [2.24, 2.45) is 23.7 Å². The van der Waals surface area contributed by atoms with E-state index in [0.717, 1.165) is 0 Å². The Morgan fingerprint density at radius 1 is 0.452 bits per heavy atom. The number of Topliss-reactive ketones (excluding diaryl/α,β-unsaturated/α-hetero) is 3. The molecule has 0 aromatic rings. The Bertz CT molecular complexity index is 903. The van der Waals surface area contributed by atoms with Gasteiger partial charge in [0.05, 0.1) is 18.1 Å². The van der Waals surface area contributed by atoms with E-state index in [9.17, 15) is 28.8 Å². The molecule has 0 aromatic heterocycles. The molecule has 0 heterocycles. The minimum Gasteiger partial charge on any atom is -0.356 e. The molecule has 0 bridgehead atoms. The smallest absolute Gasteiger partial charge is 0.315 e. The zero-order valence-electron chi connectivity index (χ0n) is 27.3. The molecule has 0 saturated carbocycles. The average molecular weight is 597 g/mol. The van der Waals surface area contributed by atoms with E-state index < -0.39 is 24.1 Å². The summed E-state index contributed by atoms with van der Waals surface area (Å²) in [4.78, 5) is 75.0. The van der Waals surface area contributed by atoms with Gasteiger partial charge >= 0.3 is 12.1 Å². The molecule has 3 atom stereocenters. The Kier molecular flexibility index (Phi) is 18.5. The van der Waals surface area contributed by atoms with E-state index in [1.54, 1.807) is 41.5 Å². The Morgan fingerprint density at radius 2 is 0.786 bits per heavy atom. The second kappa shape index (κ2) is 20.0. The molecule has 0 rings (SSSR count). The quantitative estimate of drug-likeness (QED) is 0.125. The van der Waals surface area contributed by atoms with Gasteiger partial charge in [-0.15, -0.1) is 0 Å². The number of carbonyl (C=O) groups is 6. The highest BCUT2D eigenvalue weighted by Crippen LogP contribution is 2.07. The lowest BCUT2D eigenvalue weighted by atomic mass is 9.98. The molecule has 0 aliphatic rings. The minimum absolute atomic E-state index is 0.0702. The third kappa shape index (κ3) is 15.8. The molecular formula is C30H56N6O6. The minimum atomic E-state index is -0.841. The van der Waals surface area contributed by atoms with Crippen molar-refractivity contribution in [3.8, 4) is 0 Å². The largest absolute Gasteiger partial charge is 0.356 e. The fourth-order valence-corrected chi connectivity index (χ4v) is 4.11. The lowest BCUT2D eigenvalue weighted by Gasteiger charge is -2.23. The second-order valence-electron chi connectivity index (χ2n) is 12.3. The fourth-order valence-electron chi connectivity index (χ4n) is 4.11. The van der Waals surface area contributed by atoms with E-state index in [-0.39, 0.29) is 91.5 Å². The Balaban J connectivity index is 5.03. The van der Waals surface area contributed by atoms with Crippen LogP contribution in [0.4, 0.5) is 9.59 Å². The molecule has 242 valence electrons. The maximum absolute atomic E-state index is 12.8. The van der Waals surface area contributed by atoms with Gasteiger partial charge in [0, 0.05) is 49.3 Å². The van der Waals surface area contributed by atoms with Crippen LogP contribution in [0.25, 0.3) is 0 Å². The molecule has 12 nitrogen and oxygen atoms in total. The molecule has 0 radical (unpaired) electrons. The van der Waals surface area contributed by atoms with Gasteiger partial charge in [-0.2, -0.15) is 0 Å². The number of hydrogen-bond acceptors (Lipinski definition) is 7. The molecular weight excluding hydrogens is 540 g/mol. The number of rotatable bonds is 20. The summed E-state index contributed by atoms with van der Waals surface area (Å²) in [6.07, 6.45) is 0.800. The molecule has 0 fully saturated rings. The number of amides is 5. The lowest BCUT2D eigenvalue weighted by Crippen LogP contribution is -2.51. The summed E-state index contributed by atoms with van der Waals surface area (Å²) < 4.78 is 0. The van der Waals surface area contributed by atoms with Gasteiger partial charge in [-0.25, -0.2) is 9.59 Å². The van der Waals surface area contributed by atoms with Crippen LogP contribution in [0.2, 0.25) is 0 Å². The van der Waals surface area contributed by atoms with Gasteiger partial charge in [0.1, 0.15) is 0 Å². The normalized spacial score (nSPS) is 13.6. The highest BCUT2D eigenvalue weighted by Gasteiger charge is 2.26. The molecule has 12 heteroatoms. The van der Waals surface area contributed by atoms with Crippen molar-refractivity contribution in [2.45, 2.75) is 113 Å². The van der Waals surface area contributed by atoms with Gasteiger partial charge in [0.2, 0.25) is 5.91 Å². The van der Waals surface area contributed by atoms with Crippen LogP contribution >= 0.6 is 0 Å². The average Bonchev–Trinajstić information content (AvgIpc) is 2.89. The van der Waals surface area contributed by atoms with Crippen LogP contribution in [0.3, 0.4) is 0 Å². The van der Waals surface area contributed by atoms with Crippen LogP contribution in [0.5, 0.6) is 0 Å². The lowest BCUT2D eigenvalue weighted by molar-refractivity contribution is -0.125. The van der Waals surface area contributed by atoms with Crippen LogP contribution in [0.15, 0.2) is 0 Å². The van der Waals surface area contributed by atoms with E-state index in [0.29, 0.717) is 6.42 Å². The van der Waals surface area contributed by atoms with Gasteiger partial charge < -0.3 is 31.9 Å². The topological polar surface area (TPSA) is 175 Å². The second-order valence-corrected chi connectivity index (χ2v) is 12.3. The van der Waals surface area contributed by atoms with Crippen molar-refractivity contribution in [1.29, 1.82) is 0 Å². The van der Waals surface area contributed by atoms with Gasteiger partial charge in [-0.05, 0) is 19.3 Å². The van der Waals surface area contributed by atoms with Crippen LogP contribution < -0.4 is 31.9 Å². The zero-order chi connectivity index (χ0) is 32.6. The number of carbonyl (C=O) groups excluding carboxylic acids is 6. The highest BCUT2D eigenvalue weighted by molar-refractivity contribution is 5.91.